The molecule has 0 spiro atoms. The van der Waals surface area contributed by atoms with Crippen molar-refractivity contribution in [3.63, 3.8) is 0 Å². The van der Waals surface area contributed by atoms with Gasteiger partial charge in [0.15, 0.2) is 5.78 Å². The first kappa shape index (κ1) is 21.8. The molecule has 0 amide bonds. The summed E-state index contributed by atoms with van der Waals surface area (Å²) in [5, 5.41) is 0. The second-order valence-electron chi connectivity index (χ2n) is 8.05. The SMILES string of the molecule is COc1ccccc1C=C1CN(CCC(C)C)CC(=Cc2ccccc2OC)C1=O. The van der Waals surface area contributed by atoms with Crippen LogP contribution in [0.5, 0.6) is 11.5 Å². The fourth-order valence-corrected chi connectivity index (χ4v) is 3.66. The van der Waals surface area contributed by atoms with Crippen molar-refractivity contribution in [2.75, 3.05) is 33.9 Å². The lowest BCUT2D eigenvalue weighted by Crippen LogP contribution is -2.38. The molecule has 2 aromatic carbocycles. The smallest absolute Gasteiger partial charge is 0.187 e. The Labute approximate surface area is 179 Å². The Kier molecular flexibility index (Phi) is 7.47. The molecule has 1 fully saturated rings. The van der Waals surface area contributed by atoms with Gasteiger partial charge < -0.3 is 9.47 Å². The molecule has 30 heavy (non-hydrogen) atoms. The second kappa shape index (κ2) is 10.3. The highest BCUT2D eigenvalue weighted by Crippen LogP contribution is 2.28. The first-order valence-electron chi connectivity index (χ1n) is 10.5. The van der Waals surface area contributed by atoms with Gasteiger partial charge in [0, 0.05) is 35.4 Å². The zero-order chi connectivity index (χ0) is 21.5. The van der Waals surface area contributed by atoms with Crippen LogP contribution in [0.25, 0.3) is 12.2 Å². The lowest BCUT2D eigenvalue weighted by atomic mass is 9.93. The molecule has 0 radical (unpaired) electrons. The first-order valence-corrected chi connectivity index (χ1v) is 10.5. The average molecular weight is 406 g/mol. The predicted octanol–water partition coefficient (Wildman–Crippen LogP) is 5.10. The first-order chi connectivity index (χ1) is 14.5. The van der Waals surface area contributed by atoms with Gasteiger partial charge >= 0.3 is 0 Å². The molecule has 1 saturated heterocycles. The highest BCUT2D eigenvalue weighted by Gasteiger charge is 2.26. The van der Waals surface area contributed by atoms with Gasteiger partial charge in [-0.05, 0) is 43.2 Å². The maximum absolute atomic E-state index is 13.4. The molecule has 4 heteroatoms. The van der Waals surface area contributed by atoms with Crippen molar-refractivity contribution in [2.45, 2.75) is 20.3 Å². The Morgan fingerprint density at radius 1 is 0.867 bits per heavy atom. The third kappa shape index (κ3) is 5.39. The molecule has 0 aromatic heterocycles. The van der Waals surface area contributed by atoms with Gasteiger partial charge in [-0.2, -0.15) is 0 Å². The minimum Gasteiger partial charge on any atom is -0.496 e. The number of ketones is 1. The molecule has 0 bridgehead atoms. The summed E-state index contributed by atoms with van der Waals surface area (Å²) in [5.74, 6) is 2.25. The summed E-state index contributed by atoms with van der Waals surface area (Å²) < 4.78 is 11.0. The number of carbonyl (C=O) groups is 1. The van der Waals surface area contributed by atoms with Crippen LogP contribution >= 0.6 is 0 Å². The molecule has 1 aliphatic heterocycles. The number of nitrogens with zero attached hydrogens (tertiary/aromatic N) is 1. The van der Waals surface area contributed by atoms with E-state index in [1.807, 2.05) is 60.7 Å². The number of Topliss-reactive ketones (excluding diaryl/α,β-unsaturated/α-hetero) is 1. The van der Waals surface area contributed by atoms with Gasteiger partial charge in [-0.25, -0.2) is 0 Å². The van der Waals surface area contributed by atoms with Crippen molar-refractivity contribution in [1.82, 2.24) is 4.90 Å². The Morgan fingerprint density at radius 2 is 1.33 bits per heavy atom. The van der Waals surface area contributed by atoms with E-state index in [0.717, 1.165) is 46.7 Å². The lowest BCUT2D eigenvalue weighted by molar-refractivity contribution is -0.113. The number of ether oxygens (including phenoxy) is 2. The molecule has 0 aliphatic carbocycles. The van der Waals surface area contributed by atoms with Crippen LogP contribution < -0.4 is 9.47 Å². The summed E-state index contributed by atoms with van der Waals surface area (Å²) >= 11 is 0. The standard InChI is InChI=1S/C26H31NO3/c1-19(2)13-14-27-17-22(15-20-9-5-7-11-24(20)29-3)26(28)23(18-27)16-21-10-6-8-12-25(21)30-4/h5-12,15-16,19H,13-14,17-18H2,1-4H3. The van der Waals surface area contributed by atoms with Gasteiger partial charge in [-0.3, -0.25) is 9.69 Å². The molecule has 3 rings (SSSR count). The second-order valence-corrected chi connectivity index (χ2v) is 8.05. The van der Waals surface area contributed by atoms with E-state index >= 15 is 0 Å². The van der Waals surface area contributed by atoms with Crippen molar-refractivity contribution in [3.8, 4) is 11.5 Å². The summed E-state index contributed by atoms with van der Waals surface area (Å²) in [6, 6.07) is 15.6. The molecule has 1 heterocycles. The molecular weight excluding hydrogens is 374 g/mol. The van der Waals surface area contributed by atoms with E-state index in [2.05, 4.69) is 18.7 Å². The molecular formula is C26H31NO3. The Morgan fingerprint density at radius 3 is 1.77 bits per heavy atom. The number of methoxy groups -OCH3 is 2. The maximum atomic E-state index is 13.4. The summed E-state index contributed by atoms with van der Waals surface area (Å²) in [6.07, 6.45) is 5.04. The van der Waals surface area contributed by atoms with Crippen molar-refractivity contribution < 1.29 is 14.3 Å². The van der Waals surface area contributed by atoms with Gasteiger partial charge in [0.05, 0.1) is 14.2 Å². The number of para-hydroxylation sites is 2. The zero-order valence-corrected chi connectivity index (χ0v) is 18.4. The van der Waals surface area contributed by atoms with E-state index in [-0.39, 0.29) is 5.78 Å². The van der Waals surface area contributed by atoms with Crippen LogP contribution in [-0.4, -0.2) is 44.5 Å². The fourth-order valence-electron chi connectivity index (χ4n) is 3.66. The van der Waals surface area contributed by atoms with E-state index in [1.165, 1.54) is 0 Å². The normalized spacial score (nSPS) is 17.7. The van der Waals surface area contributed by atoms with Gasteiger partial charge in [0.2, 0.25) is 0 Å². The number of carbonyl (C=O) groups excluding carboxylic acids is 1. The number of rotatable bonds is 7. The zero-order valence-electron chi connectivity index (χ0n) is 18.4. The van der Waals surface area contributed by atoms with E-state index in [9.17, 15) is 4.79 Å². The fraction of sp³-hybridized carbons (Fsp3) is 0.346. The molecule has 0 atom stereocenters. The van der Waals surface area contributed by atoms with Gasteiger partial charge in [-0.1, -0.05) is 50.2 Å². The highest BCUT2D eigenvalue weighted by atomic mass is 16.5. The molecule has 4 nitrogen and oxygen atoms in total. The number of benzene rings is 2. The Hall–Kier alpha value is -2.85. The largest absolute Gasteiger partial charge is 0.496 e. The molecule has 1 aliphatic rings. The van der Waals surface area contributed by atoms with Crippen LogP contribution in [0, 0.1) is 5.92 Å². The Bertz CT molecular complexity index is 873. The number of likely N-dealkylation sites (tertiary alicyclic amines) is 1. The third-order valence-corrected chi connectivity index (χ3v) is 5.33. The van der Waals surface area contributed by atoms with Crippen LogP contribution in [-0.2, 0) is 4.79 Å². The number of hydrogen-bond acceptors (Lipinski definition) is 4. The van der Waals surface area contributed by atoms with Crippen molar-refractivity contribution >= 4 is 17.9 Å². The maximum Gasteiger partial charge on any atom is 0.187 e. The lowest BCUT2D eigenvalue weighted by Gasteiger charge is -2.30. The highest BCUT2D eigenvalue weighted by molar-refractivity contribution is 6.14. The van der Waals surface area contributed by atoms with Crippen LogP contribution in [0.1, 0.15) is 31.4 Å². The minimum absolute atomic E-state index is 0.0904. The molecule has 158 valence electrons. The van der Waals surface area contributed by atoms with Crippen molar-refractivity contribution in [1.29, 1.82) is 0 Å². The van der Waals surface area contributed by atoms with E-state index < -0.39 is 0 Å². The van der Waals surface area contributed by atoms with Crippen LogP contribution in [0.4, 0.5) is 0 Å². The van der Waals surface area contributed by atoms with E-state index in [4.69, 9.17) is 9.47 Å². The van der Waals surface area contributed by atoms with Gasteiger partial charge in [-0.15, -0.1) is 0 Å². The molecule has 2 aromatic rings. The van der Waals surface area contributed by atoms with E-state index in [0.29, 0.717) is 19.0 Å². The molecule has 0 unspecified atom stereocenters. The summed E-state index contributed by atoms with van der Waals surface area (Å²) in [7, 11) is 3.31. The quantitative estimate of drug-likeness (QED) is 0.601. The van der Waals surface area contributed by atoms with Gasteiger partial charge in [0.25, 0.3) is 0 Å². The van der Waals surface area contributed by atoms with Crippen LogP contribution in [0.3, 0.4) is 0 Å². The summed E-state index contributed by atoms with van der Waals surface area (Å²) in [5.41, 5.74) is 3.42. The van der Waals surface area contributed by atoms with Crippen LogP contribution in [0.15, 0.2) is 59.7 Å². The van der Waals surface area contributed by atoms with Gasteiger partial charge in [0.1, 0.15) is 11.5 Å². The Balaban J connectivity index is 1.99. The van der Waals surface area contributed by atoms with Crippen molar-refractivity contribution in [3.05, 3.63) is 70.8 Å². The van der Waals surface area contributed by atoms with Crippen molar-refractivity contribution in [2.24, 2.45) is 5.92 Å². The summed E-state index contributed by atoms with van der Waals surface area (Å²) in [6.45, 7) is 6.70. The minimum atomic E-state index is 0.0904. The average Bonchev–Trinajstić information content (AvgIpc) is 2.76. The van der Waals surface area contributed by atoms with Crippen LogP contribution in [0.2, 0.25) is 0 Å². The molecule has 0 N–H and O–H groups in total. The number of hydrogen-bond donors (Lipinski definition) is 0. The predicted molar refractivity (Wildman–Crippen MR) is 123 cm³/mol. The topological polar surface area (TPSA) is 38.8 Å². The third-order valence-electron chi connectivity index (χ3n) is 5.33. The molecule has 0 saturated carbocycles. The van der Waals surface area contributed by atoms with E-state index in [1.54, 1.807) is 14.2 Å². The summed E-state index contributed by atoms with van der Waals surface area (Å²) in [4.78, 5) is 15.7. The number of piperidine rings is 1. The monoisotopic (exact) mass is 405 g/mol.